The minimum Gasteiger partial charge on any atom is -0.463 e. The Bertz CT molecular complexity index is 731. The van der Waals surface area contributed by atoms with E-state index in [1.54, 1.807) is 11.6 Å². The minimum atomic E-state index is -0.334. The van der Waals surface area contributed by atoms with Crippen LogP contribution in [0.3, 0.4) is 0 Å². The summed E-state index contributed by atoms with van der Waals surface area (Å²) in [4.78, 5) is 16.6. The van der Waals surface area contributed by atoms with Gasteiger partial charge in [-0.2, -0.15) is 10.1 Å². The van der Waals surface area contributed by atoms with Gasteiger partial charge in [-0.05, 0) is 26.3 Å². The van der Waals surface area contributed by atoms with Crippen molar-refractivity contribution < 1.29 is 9.53 Å². The van der Waals surface area contributed by atoms with Crippen LogP contribution in [-0.4, -0.2) is 27.3 Å². The largest absolute Gasteiger partial charge is 0.463 e. The molecule has 2 heterocycles. The average Bonchev–Trinajstić information content (AvgIpc) is 2.97. The highest BCUT2D eigenvalue weighted by molar-refractivity contribution is 5.97. The van der Waals surface area contributed by atoms with Gasteiger partial charge in [-0.1, -0.05) is 29.8 Å². The van der Waals surface area contributed by atoms with Gasteiger partial charge in [0.2, 0.25) is 5.95 Å². The number of aryl methyl sites for hydroxylation is 1. The summed E-state index contributed by atoms with van der Waals surface area (Å²) in [5.74, 6) is 0.287. The van der Waals surface area contributed by atoms with Gasteiger partial charge in [-0.3, -0.25) is 0 Å². The van der Waals surface area contributed by atoms with E-state index >= 15 is 0 Å². The lowest BCUT2D eigenvalue weighted by Crippen LogP contribution is -2.28. The molecule has 1 aliphatic heterocycles. The van der Waals surface area contributed by atoms with Gasteiger partial charge >= 0.3 is 5.97 Å². The van der Waals surface area contributed by atoms with Crippen molar-refractivity contribution in [3.05, 3.63) is 47.3 Å². The van der Waals surface area contributed by atoms with Crippen LogP contribution < -0.4 is 5.32 Å². The van der Waals surface area contributed by atoms with Crippen molar-refractivity contribution in [1.82, 2.24) is 14.8 Å². The van der Waals surface area contributed by atoms with Crippen molar-refractivity contribution in [2.45, 2.75) is 26.8 Å². The molecular formula is C16H18N4O2. The Balaban J connectivity index is 2.10. The number of hydrogen-bond acceptors (Lipinski definition) is 5. The van der Waals surface area contributed by atoms with Gasteiger partial charge in [-0.25, -0.2) is 9.48 Å². The number of benzene rings is 1. The van der Waals surface area contributed by atoms with Crippen LogP contribution in [0, 0.1) is 6.92 Å². The fourth-order valence-electron chi connectivity index (χ4n) is 2.59. The predicted octanol–water partition coefficient (Wildman–Crippen LogP) is 2.55. The number of ether oxygens (including phenoxy) is 1. The van der Waals surface area contributed by atoms with Crippen molar-refractivity contribution in [3.63, 3.8) is 0 Å². The quantitative estimate of drug-likeness (QED) is 0.882. The Morgan fingerprint density at radius 3 is 2.73 bits per heavy atom. The molecule has 22 heavy (non-hydrogen) atoms. The Kier molecular flexibility index (Phi) is 3.66. The zero-order valence-corrected chi connectivity index (χ0v) is 12.8. The fraction of sp³-hybridized carbons (Fsp3) is 0.312. The first kappa shape index (κ1) is 14.3. The highest BCUT2D eigenvalue weighted by Gasteiger charge is 2.32. The number of hydrogen-bond donors (Lipinski definition) is 1. The smallest absolute Gasteiger partial charge is 0.338 e. The van der Waals surface area contributed by atoms with Crippen molar-refractivity contribution in [2.24, 2.45) is 0 Å². The molecule has 0 amide bonds. The number of anilines is 1. The Hall–Kier alpha value is -2.63. The second-order valence-electron chi connectivity index (χ2n) is 5.20. The third kappa shape index (κ3) is 2.36. The van der Waals surface area contributed by atoms with Crippen molar-refractivity contribution in [1.29, 1.82) is 0 Å². The molecule has 1 aromatic carbocycles. The molecule has 0 fully saturated rings. The van der Waals surface area contributed by atoms with Crippen LogP contribution in [0.25, 0.3) is 5.70 Å². The number of allylic oxidation sites excluding steroid dienone is 1. The summed E-state index contributed by atoms with van der Waals surface area (Å²) in [6, 6.07) is 7.76. The molecule has 1 N–H and O–H groups in total. The Labute approximate surface area is 128 Å². The van der Waals surface area contributed by atoms with E-state index in [0.29, 0.717) is 18.1 Å². The fourth-order valence-corrected chi connectivity index (χ4v) is 2.59. The summed E-state index contributed by atoms with van der Waals surface area (Å²) in [6.07, 6.45) is 1.46. The lowest BCUT2D eigenvalue weighted by atomic mass is 9.95. The van der Waals surface area contributed by atoms with Gasteiger partial charge in [0.15, 0.2) is 0 Å². The maximum atomic E-state index is 12.4. The Morgan fingerprint density at radius 1 is 1.32 bits per heavy atom. The standard InChI is InChI=1S/C16H18N4O2/c1-4-22-15(21)13-11(3)20-16(17-9-18-20)19-14(13)12-7-5-10(2)6-8-12/h5-9,14H,4H2,1-3H3,(H,17,18,19). The molecular weight excluding hydrogens is 280 g/mol. The number of aromatic nitrogens is 3. The lowest BCUT2D eigenvalue weighted by molar-refractivity contribution is -0.138. The molecule has 114 valence electrons. The normalized spacial score (nSPS) is 17.0. The first-order valence-electron chi connectivity index (χ1n) is 7.23. The first-order chi connectivity index (χ1) is 10.6. The molecule has 6 heteroatoms. The van der Waals surface area contributed by atoms with Crippen molar-refractivity contribution >= 4 is 17.6 Å². The number of fused-ring (bicyclic) bond motifs is 1. The highest BCUT2D eigenvalue weighted by Crippen LogP contribution is 2.35. The molecule has 0 spiro atoms. The van der Waals surface area contributed by atoms with E-state index in [1.807, 2.05) is 38.1 Å². The summed E-state index contributed by atoms with van der Waals surface area (Å²) in [7, 11) is 0. The molecule has 2 aromatic rings. The maximum absolute atomic E-state index is 12.4. The van der Waals surface area contributed by atoms with Crippen LogP contribution in [-0.2, 0) is 9.53 Å². The number of rotatable bonds is 3. The topological polar surface area (TPSA) is 69.0 Å². The number of nitrogens with zero attached hydrogens (tertiary/aromatic N) is 3. The van der Waals surface area contributed by atoms with E-state index < -0.39 is 0 Å². The van der Waals surface area contributed by atoms with Crippen LogP contribution in [0.2, 0.25) is 0 Å². The molecule has 0 saturated heterocycles. The van der Waals surface area contributed by atoms with Crippen molar-refractivity contribution in [2.75, 3.05) is 11.9 Å². The van der Waals surface area contributed by atoms with Crippen LogP contribution in [0.5, 0.6) is 0 Å². The molecule has 0 aliphatic carbocycles. The predicted molar refractivity (Wildman–Crippen MR) is 83.1 cm³/mol. The lowest BCUT2D eigenvalue weighted by Gasteiger charge is -2.28. The molecule has 0 saturated carbocycles. The molecule has 0 bridgehead atoms. The molecule has 1 aromatic heterocycles. The van der Waals surface area contributed by atoms with Crippen LogP contribution in [0.15, 0.2) is 36.2 Å². The SMILES string of the molecule is CCOC(=O)C1=C(C)n2ncnc2NC1c1ccc(C)cc1. The highest BCUT2D eigenvalue weighted by atomic mass is 16.5. The molecule has 6 nitrogen and oxygen atoms in total. The van der Waals surface area contributed by atoms with Gasteiger partial charge in [0, 0.05) is 0 Å². The second-order valence-corrected chi connectivity index (χ2v) is 5.20. The van der Waals surface area contributed by atoms with Gasteiger partial charge in [0.05, 0.1) is 23.9 Å². The van der Waals surface area contributed by atoms with Crippen LogP contribution >= 0.6 is 0 Å². The maximum Gasteiger partial charge on any atom is 0.338 e. The molecule has 1 unspecified atom stereocenters. The summed E-state index contributed by atoms with van der Waals surface area (Å²) in [5.41, 5.74) is 3.45. The second kappa shape index (κ2) is 5.63. The van der Waals surface area contributed by atoms with Crippen molar-refractivity contribution in [3.8, 4) is 0 Å². The van der Waals surface area contributed by atoms with Crippen LogP contribution in [0.1, 0.15) is 31.0 Å². The van der Waals surface area contributed by atoms with E-state index in [4.69, 9.17) is 4.74 Å². The number of carbonyl (C=O) groups excluding carboxylic acids is 1. The summed E-state index contributed by atoms with van der Waals surface area (Å²) < 4.78 is 6.84. The number of carbonyl (C=O) groups is 1. The monoisotopic (exact) mass is 298 g/mol. The van der Waals surface area contributed by atoms with Gasteiger partial charge in [0.25, 0.3) is 0 Å². The Morgan fingerprint density at radius 2 is 2.05 bits per heavy atom. The third-order valence-corrected chi connectivity index (χ3v) is 3.72. The summed E-state index contributed by atoms with van der Waals surface area (Å²) in [6.45, 7) is 6.01. The van der Waals surface area contributed by atoms with Gasteiger partial charge in [0.1, 0.15) is 6.33 Å². The first-order valence-corrected chi connectivity index (χ1v) is 7.23. The molecule has 1 atom stereocenters. The molecule has 0 radical (unpaired) electrons. The average molecular weight is 298 g/mol. The summed E-state index contributed by atoms with van der Waals surface area (Å²) >= 11 is 0. The zero-order valence-electron chi connectivity index (χ0n) is 12.8. The van der Waals surface area contributed by atoms with E-state index in [1.165, 1.54) is 11.9 Å². The number of esters is 1. The zero-order chi connectivity index (χ0) is 15.7. The van der Waals surface area contributed by atoms with E-state index in [-0.39, 0.29) is 12.0 Å². The van der Waals surface area contributed by atoms with E-state index in [0.717, 1.165) is 11.3 Å². The van der Waals surface area contributed by atoms with Crippen LogP contribution in [0.4, 0.5) is 5.95 Å². The minimum absolute atomic E-state index is 0.295. The third-order valence-electron chi connectivity index (χ3n) is 3.72. The number of nitrogens with one attached hydrogen (secondary N) is 1. The van der Waals surface area contributed by atoms with E-state index in [2.05, 4.69) is 15.4 Å². The van der Waals surface area contributed by atoms with Gasteiger partial charge < -0.3 is 10.1 Å². The molecule has 3 rings (SSSR count). The van der Waals surface area contributed by atoms with Gasteiger partial charge in [-0.15, -0.1) is 0 Å². The van der Waals surface area contributed by atoms with E-state index in [9.17, 15) is 4.79 Å². The summed E-state index contributed by atoms with van der Waals surface area (Å²) in [5, 5.41) is 7.41. The molecule has 1 aliphatic rings.